The number of rotatable bonds is 2. The van der Waals surface area contributed by atoms with Crippen LogP contribution >= 0.6 is 22.9 Å². The van der Waals surface area contributed by atoms with Gasteiger partial charge >= 0.3 is 0 Å². The van der Waals surface area contributed by atoms with Gasteiger partial charge in [0.15, 0.2) is 0 Å². The largest absolute Gasteiger partial charge is 0.309 e. The van der Waals surface area contributed by atoms with E-state index in [0.29, 0.717) is 5.54 Å². The molecule has 0 radical (unpaired) electrons. The molecule has 0 aromatic carbocycles. The van der Waals surface area contributed by atoms with Crippen molar-refractivity contribution in [3.05, 3.63) is 21.3 Å². The number of thiophene rings is 1. The zero-order valence-electron chi connectivity index (χ0n) is 12.5. The summed E-state index contributed by atoms with van der Waals surface area (Å²) < 4.78 is 0.909. The fourth-order valence-electron chi connectivity index (χ4n) is 3.77. The molecule has 1 spiro atoms. The van der Waals surface area contributed by atoms with Crippen molar-refractivity contribution in [2.24, 2.45) is 0 Å². The van der Waals surface area contributed by atoms with Gasteiger partial charge in [0.2, 0.25) is 0 Å². The Morgan fingerprint density at radius 1 is 1.25 bits per heavy atom. The maximum atomic E-state index is 6.10. The van der Waals surface area contributed by atoms with Gasteiger partial charge in [0.05, 0.1) is 4.34 Å². The number of nitrogens with zero attached hydrogens (tertiary/aromatic N) is 1. The van der Waals surface area contributed by atoms with E-state index < -0.39 is 0 Å². The van der Waals surface area contributed by atoms with Crippen LogP contribution in [-0.4, -0.2) is 29.1 Å². The van der Waals surface area contributed by atoms with Crippen molar-refractivity contribution in [1.29, 1.82) is 0 Å². The maximum absolute atomic E-state index is 6.10. The fraction of sp³-hybridized carbons (Fsp3) is 0.750. The summed E-state index contributed by atoms with van der Waals surface area (Å²) >= 11 is 7.83. The van der Waals surface area contributed by atoms with Crippen LogP contribution in [0.5, 0.6) is 0 Å². The number of halogens is 1. The van der Waals surface area contributed by atoms with Crippen molar-refractivity contribution >= 4 is 22.9 Å². The molecule has 112 valence electrons. The molecule has 1 saturated carbocycles. The van der Waals surface area contributed by atoms with E-state index in [2.05, 4.69) is 30.1 Å². The van der Waals surface area contributed by atoms with E-state index in [-0.39, 0.29) is 5.54 Å². The SMILES string of the molecule is CC1(C)CN(Cc2ccc(Cl)s2)C2(CCCCC2)CN1. The molecular formula is C16H25ClN2S. The first-order valence-electron chi connectivity index (χ1n) is 7.74. The maximum Gasteiger partial charge on any atom is 0.0931 e. The van der Waals surface area contributed by atoms with Crippen molar-refractivity contribution in [3.63, 3.8) is 0 Å². The minimum atomic E-state index is 0.212. The van der Waals surface area contributed by atoms with Crippen LogP contribution in [0.15, 0.2) is 12.1 Å². The molecule has 0 unspecified atom stereocenters. The van der Waals surface area contributed by atoms with Crippen LogP contribution in [0.3, 0.4) is 0 Å². The number of piperazine rings is 1. The van der Waals surface area contributed by atoms with Gasteiger partial charge in [-0.2, -0.15) is 0 Å². The molecule has 1 aliphatic heterocycles. The molecule has 3 rings (SSSR count). The highest BCUT2D eigenvalue weighted by Gasteiger charge is 2.44. The van der Waals surface area contributed by atoms with E-state index in [1.807, 2.05) is 6.07 Å². The summed E-state index contributed by atoms with van der Waals surface area (Å²) in [5, 5.41) is 3.78. The third-order valence-corrected chi connectivity index (χ3v) is 6.13. The quantitative estimate of drug-likeness (QED) is 0.876. The summed E-state index contributed by atoms with van der Waals surface area (Å²) in [5.41, 5.74) is 0.591. The molecule has 1 aromatic heterocycles. The molecule has 0 amide bonds. The Morgan fingerprint density at radius 2 is 2.00 bits per heavy atom. The van der Waals surface area contributed by atoms with Crippen LogP contribution in [0, 0.1) is 0 Å². The van der Waals surface area contributed by atoms with Crippen LogP contribution in [-0.2, 0) is 6.54 Å². The average Bonchev–Trinajstić information content (AvgIpc) is 2.81. The molecule has 4 heteroatoms. The molecular weight excluding hydrogens is 288 g/mol. The predicted octanol–water partition coefficient (Wildman–Crippen LogP) is 4.29. The van der Waals surface area contributed by atoms with Crippen molar-refractivity contribution in [1.82, 2.24) is 10.2 Å². The standard InChI is InChI=1S/C16H25ClN2S/c1-15(2)12-19(10-13-6-7-14(17)20-13)16(11-18-15)8-4-3-5-9-16/h6-7,18H,3-5,8-12H2,1-2H3. The summed E-state index contributed by atoms with van der Waals surface area (Å²) in [6.45, 7) is 7.96. The van der Waals surface area contributed by atoms with Crippen LogP contribution in [0.1, 0.15) is 50.8 Å². The zero-order valence-corrected chi connectivity index (χ0v) is 14.1. The van der Waals surface area contributed by atoms with Crippen LogP contribution < -0.4 is 5.32 Å². The molecule has 20 heavy (non-hydrogen) atoms. The first-order chi connectivity index (χ1) is 9.49. The topological polar surface area (TPSA) is 15.3 Å². The molecule has 2 heterocycles. The van der Waals surface area contributed by atoms with Gasteiger partial charge in [-0.1, -0.05) is 30.9 Å². The smallest absolute Gasteiger partial charge is 0.0931 e. The van der Waals surface area contributed by atoms with E-state index >= 15 is 0 Å². The molecule has 0 bridgehead atoms. The lowest BCUT2D eigenvalue weighted by Crippen LogP contribution is -2.68. The molecule has 2 nitrogen and oxygen atoms in total. The van der Waals surface area contributed by atoms with Crippen LogP contribution in [0.2, 0.25) is 4.34 Å². The molecule has 2 fully saturated rings. The number of hydrogen-bond acceptors (Lipinski definition) is 3. The minimum Gasteiger partial charge on any atom is -0.309 e. The van der Waals surface area contributed by atoms with Gasteiger partial charge < -0.3 is 5.32 Å². The average molecular weight is 313 g/mol. The second kappa shape index (κ2) is 5.60. The van der Waals surface area contributed by atoms with Crippen LogP contribution in [0.25, 0.3) is 0 Å². The predicted molar refractivity (Wildman–Crippen MR) is 87.6 cm³/mol. The lowest BCUT2D eigenvalue weighted by atomic mass is 9.77. The van der Waals surface area contributed by atoms with E-state index in [1.54, 1.807) is 11.3 Å². The van der Waals surface area contributed by atoms with E-state index in [0.717, 1.165) is 24.0 Å². The second-order valence-electron chi connectivity index (χ2n) is 7.08. The van der Waals surface area contributed by atoms with Gasteiger partial charge in [0.1, 0.15) is 0 Å². The molecule has 0 atom stereocenters. The van der Waals surface area contributed by atoms with Gasteiger partial charge in [-0.05, 0) is 38.8 Å². The zero-order chi connectivity index (χ0) is 14.2. The Labute approximate surface area is 131 Å². The Morgan fingerprint density at radius 3 is 2.65 bits per heavy atom. The summed E-state index contributed by atoms with van der Waals surface area (Å²) in [6.07, 6.45) is 6.85. The highest BCUT2D eigenvalue weighted by molar-refractivity contribution is 7.16. The Kier molecular flexibility index (Phi) is 4.15. The van der Waals surface area contributed by atoms with Gasteiger partial charge in [-0.25, -0.2) is 0 Å². The van der Waals surface area contributed by atoms with E-state index in [4.69, 9.17) is 11.6 Å². The number of nitrogens with one attached hydrogen (secondary N) is 1. The van der Waals surface area contributed by atoms with Crippen molar-refractivity contribution in [2.45, 2.75) is 63.6 Å². The Hall–Kier alpha value is -0.0900. The molecule has 1 aliphatic carbocycles. The van der Waals surface area contributed by atoms with Gasteiger partial charge in [-0.15, -0.1) is 11.3 Å². The van der Waals surface area contributed by atoms with E-state index in [9.17, 15) is 0 Å². The monoisotopic (exact) mass is 312 g/mol. The van der Waals surface area contributed by atoms with Crippen molar-refractivity contribution in [2.75, 3.05) is 13.1 Å². The molecule has 1 aromatic rings. The van der Waals surface area contributed by atoms with E-state index in [1.165, 1.54) is 37.0 Å². The Bertz CT molecular complexity index is 463. The first kappa shape index (κ1) is 14.8. The number of hydrogen-bond donors (Lipinski definition) is 1. The van der Waals surface area contributed by atoms with Crippen LogP contribution in [0.4, 0.5) is 0 Å². The summed E-state index contributed by atoms with van der Waals surface area (Å²) in [5.74, 6) is 0. The molecule has 1 N–H and O–H groups in total. The van der Waals surface area contributed by atoms with Crippen molar-refractivity contribution in [3.8, 4) is 0 Å². The molecule has 2 aliphatic rings. The summed E-state index contributed by atoms with van der Waals surface area (Å²) in [7, 11) is 0. The van der Waals surface area contributed by atoms with Gasteiger partial charge in [-0.3, -0.25) is 4.90 Å². The third kappa shape index (κ3) is 3.06. The lowest BCUT2D eigenvalue weighted by molar-refractivity contribution is -0.0154. The second-order valence-corrected chi connectivity index (χ2v) is 8.88. The highest BCUT2D eigenvalue weighted by Crippen LogP contribution is 2.38. The summed E-state index contributed by atoms with van der Waals surface area (Å²) in [6, 6.07) is 4.22. The molecule has 1 saturated heterocycles. The third-order valence-electron chi connectivity index (χ3n) is 4.91. The van der Waals surface area contributed by atoms with Gasteiger partial charge in [0.25, 0.3) is 0 Å². The minimum absolute atomic E-state index is 0.212. The van der Waals surface area contributed by atoms with Gasteiger partial charge in [0, 0.05) is 35.6 Å². The lowest BCUT2D eigenvalue weighted by Gasteiger charge is -2.54. The first-order valence-corrected chi connectivity index (χ1v) is 8.93. The normalized spacial score (nSPS) is 25.9. The van der Waals surface area contributed by atoms with Crippen molar-refractivity contribution < 1.29 is 0 Å². The Balaban J connectivity index is 1.81. The fourth-order valence-corrected chi connectivity index (χ4v) is 4.87. The highest BCUT2D eigenvalue weighted by atomic mass is 35.5. The summed E-state index contributed by atoms with van der Waals surface area (Å²) in [4.78, 5) is 4.14.